The number of nitrogens with one attached hydrogen (secondary N) is 11. The molecule has 0 aliphatic rings. The fraction of sp³-hybridized carbons (Fsp3) is 0.0968. The summed E-state index contributed by atoms with van der Waals surface area (Å²) in [6.45, 7) is 4.61. The number of aryl methyl sites for hydroxylation is 1. The highest BCUT2D eigenvalue weighted by Crippen LogP contribution is 2.34. The Labute approximate surface area is 730 Å². The van der Waals surface area contributed by atoms with Crippen LogP contribution < -0.4 is 5.32 Å². The summed E-state index contributed by atoms with van der Waals surface area (Å²) in [4.78, 5) is 19.0. The van der Waals surface area contributed by atoms with E-state index in [0.29, 0.717) is 159 Å². The minimum absolute atomic E-state index is 0.0751. The van der Waals surface area contributed by atoms with E-state index in [1.54, 1.807) is 167 Å². The fourth-order valence-corrected chi connectivity index (χ4v) is 13.4. The van der Waals surface area contributed by atoms with Gasteiger partial charge in [-0.25, -0.2) is 63.8 Å². The third-order valence-corrected chi connectivity index (χ3v) is 19.4. The van der Waals surface area contributed by atoms with Gasteiger partial charge >= 0.3 is 0 Å². The Bertz CT molecular complexity index is 7450. The summed E-state index contributed by atoms with van der Waals surface area (Å²) in [6, 6.07) is 46.0. The summed E-state index contributed by atoms with van der Waals surface area (Å²) in [5.41, 5.74) is 10.1. The van der Waals surface area contributed by atoms with Gasteiger partial charge in [0.1, 0.15) is 81.4 Å². The lowest BCUT2D eigenvalue weighted by Gasteiger charge is -2.06. The Balaban J connectivity index is 0.000000125. The second-order valence-electron chi connectivity index (χ2n) is 29.1. The summed E-state index contributed by atoms with van der Waals surface area (Å²) in [6.07, 6.45) is 17.3. The number of ether oxygens (including phenoxy) is 1. The highest BCUT2D eigenvalue weighted by atomic mass is 19.2. The fourth-order valence-electron chi connectivity index (χ4n) is 13.4. The van der Waals surface area contributed by atoms with Crippen molar-refractivity contribution in [1.29, 1.82) is 5.41 Å². The zero-order valence-corrected chi connectivity index (χ0v) is 69.3. The van der Waals surface area contributed by atoms with Crippen LogP contribution >= 0.6 is 0 Å². The quantitative estimate of drug-likeness (QED) is 0.0181. The molecule has 130 heavy (non-hydrogen) atoms. The normalized spacial score (nSPS) is 11.6. The van der Waals surface area contributed by atoms with Gasteiger partial charge in [0.05, 0.1) is 70.3 Å². The van der Waals surface area contributed by atoms with Crippen LogP contribution in [0.4, 0.5) is 43.9 Å². The van der Waals surface area contributed by atoms with Crippen LogP contribution in [0.3, 0.4) is 0 Å². The maximum absolute atomic E-state index is 14.5. The first-order valence-electron chi connectivity index (χ1n) is 39.8. The SMILES string of the molecule is CCOC(=N)c1cc2c(/C=C/c3cccc(F)c3)n[nH]c2cc1F.CN(C)Cc1nc(-c2cc(F)c3n[nH]c(/C=C/c4cccc(F)c4)c3c2)n[nH]1.CNCc1nc(-c2cc(F)c3n[nH]c(/C=C/c4cccc(F)c4)c3c2)n[nH]1.Cc1nc(-c2cc3c(/C=C/c4cccc(F)c4)n[nH]c3cc2F)n[nH]1.OCc1nc(-c2cc(F)c3n[nH]c(/C=C/c4cccc(F)c4)c3c2)n[nH]1. The first-order valence-corrected chi connectivity index (χ1v) is 39.8. The number of aromatic nitrogens is 22. The average molecular weight is 1760 g/mol. The van der Waals surface area contributed by atoms with Crippen molar-refractivity contribution >= 4 is 121 Å². The van der Waals surface area contributed by atoms with Gasteiger partial charge in [-0.2, -0.15) is 45.9 Å². The van der Waals surface area contributed by atoms with Crippen LogP contribution in [0.2, 0.25) is 0 Å². The number of hydrogen-bond donors (Lipinski definition) is 12. The number of rotatable bonds is 21. The van der Waals surface area contributed by atoms with E-state index < -0.39 is 29.1 Å². The van der Waals surface area contributed by atoms with Crippen molar-refractivity contribution in [3.63, 3.8) is 0 Å². The Morgan fingerprint density at radius 2 is 0.762 bits per heavy atom. The molecule has 0 radical (unpaired) electrons. The number of benzene rings is 10. The molecule has 27 nitrogen and oxygen atoms in total. The Morgan fingerprint density at radius 3 is 1.14 bits per heavy atom. The van der Waals surface area contributed by atoms with Crippen molar-refractivity contribution in [2.45, 2.75) is 33.5 Å². The highest BCUT2D eigenvalue weighted by molar-refractivity contribution is 6.00. The van der Waals surface area contributed by atoms with Gasteiger partial charge in [-0.3, -0.25) is 51.3 Å². The molecule has 10 aromatic carbocycles. The third kappa shape index (κ3) is 21.5. The third-order valence-electron chi connectivity index (χ3n) is 19.4. The largest absolute Gasteiger partial charge is 0.478 e. The number of fused-ring (bicyclic) bond motifs is 5. The van der Waals surface area contributed by atoms with E-state index in [-0.39, 0.29) is 82.0 Å². The smallest absolute Gasteiger partial charge is 0.216 e. The molecule has 654 valence electrons. The van der Waals surface area contributed by atoms with Crippen LogP contribution in [0.5, 0.6) is 0 Å². The maximum Gasteiger partial charge on any atom is 0.216 e. The first kappa shape index (κ1) is 88.3. The van der Waals surface area contributed by atoms with Gasteiger partial charge in [-0.15, -0.1) is 0 Å². The molecule has 0 saturated carbocycles. The van der Waals surface area contributed by atoms with Crippen molar-refractivity contribution in [3.05, 3.63) is 325 Å². The topological polar surface area (TPSA) is 378 Å². The summed E-state index contributed by atoms with van der Waals surface area (Å²) in [5.74, 6) is -0.625. The van der Waals surface area contributed by atoms with Crippen LogP contribution in [-0.4, -0.2) is 155 Å². The Hall–Kier alpha value is -16.5. The Morgan fingerprint density at radius 1 is 0.385 bits per heavy atom. The zero-order valence-electron chi connectivity index (χ0n) is 69.3. The summed E-state index contributed by atoms with van der Waals surface area (Å²) >= 11 is 0. The van der Waals surface area contributed by atoms with Crippen LogP contribution in [0.15, 0.2) is 182 Å². The van der Waals surface area contributed by atoms with Gasteiger partial charge in [-0.1, -0.05) is 91.0 Å². The summed E-state index contributed by atoms with van der Waals surface area (Å²) in [5, 5.41) is 84.6. The minimum Gasteiger partial charge on any atom is -0.478 e. The van der Waals surface area contributed by atoms with E-state index in [1.165, 1.54) is 97.1 Å². The number of aliphatic hydroxyl groups excluding tert-OH is 1. The van der Waals surface area contributed by atoms with E-state index in [1.807, 2.05) is 19.0 Å². The molecule has 9 aromatic heterocycles. The van der Waals surface area contributed by atoms with Gasteiger partial charge < -0.3 is 20.1 Å². The predicted octanol–water partition coefficient (Wildman–Crippen LogP) is 19.1. The molecule has 0 aliphatic carbocycles. The lowest BCUT2D eigenvalue weighted by molar-refractivity contribution is 0.272. The second kappa shape index (κ2) is 40.2. The molecule has 0 fully saturated rings. The minimum atomic E-state index is -0.551. The number of aliphatic hydroxyl groups is 1. The van der Waals surface area contributed by atoms with E-state index >= 15 is 0 Å². The highest BCUT2D eigenvalue weighted by Gasteiger charge is 2.21. The molecule has 0 spiro atoms. The standard InChI is InChI=1S/C20H18F2N6.C19H16F2N6.C18H13F2N5O.C18H13F2N5.C18H15F2N3O/c1-28(2)11-18-23-20(27-25-18)13-9-15-17(24-26-19(15)16(22)10-13)7-6-12-4-3-5-14(21)8-12;1-22-10-17-23-19(27-25-17)12-8-14-16(24-26-18(14)15(21)9-12)6-5-11-3-2-4-13(20)7-11;19-12-3-1-2-10(6-12)4-5-15-13-7-11(8-14(20)17(13)24-22-15)18-21-16(9-26)23-25-18;1-10-21-18(25-22-10)13-8-14-16(23-24-17(14)9-15(13)20)6-5-11-3-2-4-12(19)7-11;1-2-24-18(21)13-9-14-16(22-23-17(14)10-15(13)20)7-6-11-4-3-5-12(19)8-11/h3-10H,11H2,1-2H3,(H,24,26)(H,23,25,27);2-9,22H,10H2,1H3,(H,24,26)(H,23,25,27);1-8,26H,9H2,(H,22,24)(H,21,23,25);2-9H,1H3,(H,23,24)(H,21,22,25);3-10,21H,2H2,1H3,(H,22,23)/b7-6+;6-5+;5-4+;6-5+;7-6+,21-18?. The molecule has 37 heteroatoms. The van der Waals surface area contributed by atoms with Gasteiger partial charge in [-0.05, 0) is 202 Å². The lowest BCUT2D eigenvalue weighted by atomic mass is 10.1. The molecule has 19 aromatic rings. The first-order chi connectivity index (χ1) is 62.9. The predicted molar refractivity (Wildman–Crippen MR) is 478 cm³/mol. The molecule has 0 atom stereocenters. The van der Waals surface area contributed by atoms with Crippen LogP contribution in [0.1, 0.15) is 92.1 Å². The van der Waals surface area contributed by atoms with Crippen molar-refractivity contribution in [2.75, 3.05) is 27.7 Å². The monoisotopic (exact) mass is 1760 g/mol. The summed E-state index contributed by atoms with van der Waals surface area (Å²) in [7, 11) is 5.66. The molecule has 0 bridgehead atoms. The molecular weight excluding hydrogens is 1690 g/mol. The average Bonchev–Trinajstić information content (AvgIpc) is 1.81. The second-order valence-corrected chi connectivity index (χ2v) is 29.1. The van der Waals surface area contributed by atoms with Crippen LogP contribution in [0, 0.1) is 70.5 Å². The van der Waals surface area contributed by atoms with Crippen molar-refractivity contribution in [2.24, 2.45) is 0 Å². The molecule has 0 unspecified atom stereocenters. The lowest BCUT2D eigenvalue weighted by Crippen LogP contribution is -2.11. The van der Waals surface area contributed by atoms with Crippen molar-refractivity contribution in [1.82, 2.24) is 122 Å². The summed E-state index contributed by atoms with van der Waals surface area (Å²) < 4.78 is 143. The van der Waals surface area contributed by atoms with Crippen LogP contribution in [-0.2, 0) is 24.4 Å². The zero-order chi connectivity index (χ0) is 91.1. The number of H-pyrrole nitrogens is 9. The Kier molecular flexibility index (Phi) is 27.3. The van der Waals surface area contributed by atoms with Gasteiger partial charge in [0.15, 0.2) is 46.6 Å². The molecular formula is C93H75F10N25O2. The number of aromatic amines is 9. The van der Waals surface area contributed by atoms with Gasteiger partial charge in [0.25, 0.3) is 0 Å². The maximum atomic E-state index is 14.5. The van der Waals surface area contributed by atoms with E-state index in [9.17, 15) is 43.9 Å². The number of nitrogens with zero attached hydrogens (tertiary/aromatic N) is 14. The molecule has 9 heterocycles. The van der Waals surface area contributed by atoms with E-state index in [0.717, 1.165) is 5.39 Å². The number of halogens is 10. The van der Waals surface area contributed by atoms with Crippen LogP contribution in [0.25, 0.3) is 161 Å². The molecule has 0 aliphatic heterocycles. The number of hydrogen-bond acceptors (Lipinski definition) is 18. The van der Waals surface area contributed by atoms with Crippen molar-refractivity contribution in [3.8, 4) is 45.6 Å². The van der Waals surface area contributed by atoms with Crippen molar-refractivity contribution < 1.29 is 53.7 Å². The van der Waals surface area contributed by atoms with E-state index in [4.69, 9.17) is 15.3 Å². The van der Waals surface area contributed by atoms with E-state index in [2.05, 4.69) is 117 Å². The molecule has 0 saturated heterocycles. The molecule has 0 amide bonds. The molecule has 19 rings (SSSR count). The van der Waals surface area contributed by atoms with Gasteiger partial charge in [0, 0.05) is 55.8 Å². The molecule has 12 N–H and O–H groups in total. The van der Waals surface area contributed by atoms with Gasteiger partial charge in [0.2, 0.25) is 5.90 Å².